The lowest BCUT2D eigenvalue weighted by molar-refractivity contribution is -0.137. The summed E-state index contributed by atoms with van der Waals surface area (Å²) in [7, 11) is 1.70. The number of halogens is 1. The number of carbonyl (C=O) groups is 2. The second-order valence-corrected chi connectivity index (χ2v) is 5.69. The first-order valence-electron chi connectivity index (χ1n) is 7.32. The van der Waals surface area contributed by atoms with Gasteiger partial charge in [0, 0.05) is 36.6 Å². The third kappa shape index (κ3) is 2.95. The van der Waals surface area contributed by atoms with Gasteiger partial charge in [-0.15, -0.1) is 0 Å². The molecular formula is C16H18FN3O2. The Kier molecular flexibility index (Phi) is 3.83. The van der Waals surface area contributed by atoms with Gasteiger partial charge >= 0.3 is 0 Å². The molecule has 0 unspecified atom stereocenters. The summed E-state index contributed by atoms with van der Waals surface area (Å²) in [5, 5.41) is 0.783. The second-order valence-electron chi connectivity index (χ2n) is 5.69. The van der Waals surface area contributed by atoms with Crippen molar-refractivity contribution in [2.24, 2.45) is 0 Å². The number of benzene rings is 1. The lowest BCUT2D eigenvalue weighted by Crippen LogP contribution is -2.38. The van der Waals surface area contributed by atoms with Crippen LogP contribution in [0.1, 0.15) is 18.5 Å². The fraction of sp³-hybridized carbons (Fsp3) is 0.375. The normalized spacial score (nSPS) is 14.8. The van der Waals surface area contributed by atoms with Gasteiger partial charge in [0.1, 0.15) is 5.82 Å². The zero-order chi connectivity index (χ0) is 15.7. The van der Waals surface area contributed by atoms with Gasteiger partial charge in [-0.25, -0.2) is 4.39 Å². The number of rotatable bonds is 4. The molecular weight excluding hydrogens is 285 g/mol. The van der Waals surface area contributed by atoms with E-state index in [-0.39, 0.29) is 24.2 Å². The molecule has 1 aromatic carbocycles. The lowest BCUT2D eigenvalue weighted by atomic mass is 10.2. The summed E-state index contributed by atoms with van der Waals surface area (Å²) >= 11 is 0. The first-order chi connectivity index (χ1) is 10.5. The molecule has 22 heavy (non-hydrogen) atoms. The molecule has 0 atom stereocenters. The number of nitrogens with one attached hydrogen (secondary N) is 1. The number of amides is 2. The summed E-state index contributed by atoms with van der Waals surface area (Å²) in [5.41, 5.74) is 1.68. The van der Waals surface area contributed by atoms with E-state index in [0.717, 1.165) is 23.0 Å². The van der Waals surface area contributed by atoms with Gasteiger partial charge < -0.3 is 14.8 Å². The summed E-state index contributed by atoms with van der Waals surface area (Å²) in [5.74, 6) is -0.335. The summed E-state index contributed by atoms with van der Waals surface area (Å²) < 4.78 is 13.2. The van der Waals surface area contributed by atoms with E-state index in [1.165, 1.54) is 12.1 Å². The molecule has 1 aromatic heterocycles. The van der Waals surface area contributed by atoms with Crippen LogP contribution in [0.15, 0.2) is 24.3 Å². The van der Waals surface area contributed by atoms with Crippen molar-refractivity contribution >= 4 is 22.7 Å². The number of hydrogen-bond donors (Lipinski definition) is 1. The Balaban J connectivity index is 1.65. The second kappa shape index (κ2) is 5.79. The highest BCUT2D eigenvalue weighted by Crippen LogP contribution is 2.18. The average Bonchev–Trinajstić information content (AvgIpc) is 3.04. The van der Waals surface area contributed by atoms with Crippen molar-refractivity contribution in [1.82, 2.24) is 14.8 Å². The minimum atomic E-state index is -0.282. The van der Waals surface area contributed by atoms with Gasteiger partial charge in [-0.3, -0.25) is 9.59 Å². The van der Waals surface area contributed by atoms with E-state index in [0.29, 0.717) is 19.5 Å². The van der Waals surface area contributed by atoms with Gasteiger partial charge in [0.25, 0.3) is 0 Å². The number of H-pyrrole nitrogens is 1. The van der Waals surface area contributed by atoms with Crippen LogP contribution in [0.5, 0.6) is 0 Å². The molecule has 116 valence electrons. The van der Waals surface area contributed by atoms with E-state index >= 15 is 0 Å². The van der Waals surface area contributed by atoms with E-state index in [1.54, 1.807) is 22.9 Å². The third-order valence-corrected chi connectivity index (χ3v) is 3.97. The predicted octanol–water partition coefficient (Wildman–Crippen LogP) is 1.89. The van der Waals surface area contributed by atoms with Crippen LogP contribution in [0.2, 0.25) is 0 Å². The highest BCUT2D eigenvalue weighted by molar-refractivity contribution is 5.86. The zero-order valence-corrected chi connectivity index (χ0v) is 12.4. The molecule has 0 aliphatic carbocycles. The third-order valence-electron chi connectivity index (χ3n) is 3.97. The number of fused-ring (bicyclic) bond motifs is 1. The molecule has 3 rings (SSSR count). The van der Waals surface area contributed by atoms with E-state index in [1.807, 2.05) is 6.07 Å². The average molecular weight is 303 g/mol. The number of aromatic amines is 1. The Labute approximate surface area is 127 Å². The molecule has 2 amide bonds. The SMILES string of the molecule is CN(Cc1cc2cc(F)ccc2[nH]1)C(=O)CN1CCCC1=O. The van der Waals surface area contributed by atoms with Crippen LogP contribution >= 0.6 is 0 Å². The molecule has 2 aromatic rings. The van der Waals surface area contributed by atoms with Crippen molar-refractivity contribution in [3.05, 3.63) is 35.8 Å². The summed E-state index contributed by atoms with van der Waals surface area (Å²) in [6, 6.07) is 6.37. The Hall–Kier alpha value is -2.37. The molecule has 1 fully saturated rings. The number of likely N-dealkylation sites (N-methyl/N-ethyl adjacent to an activating group) is 1. The van der Waals surface area contributed by atoms with Gasteiger partial charge in [0.2, 0.25) is 11.8 Å². The molecule has 0 radical (unpaired) electrons. The summed E-state index contributed by atoms with van der Waals surface area (Å²) in [6.45, 7) is 1.19. The molecule has 0 bridgehead atoms. The van der Waals surface area contributed by atoms with Crippen molar-refractivity contribution in [2.75, 3.05) is 20.1 Å². The maximum atomic E-state index is 13.2. The van der Waals surface area contributed by atoms with Crippen molar-refractivity contribution < 1.29 is 14.0 Å². The van der Waals surface area contributed by atoms with E-state index < -0.39 is 0 Å². The van der Waals surface area contributed by atoms with Gasteiger partial charge in [-0.05, 0) is 30.7 Å². The zero-order valence-electron chi connectivity index (χ0n) is 12.4. The fourth-order valence-corrected chi connectivity index (χ4v) is 2.75. The first kappa shape index (κ1) is 14.6. The number of nitrogens with zero attached hydrogens (tertiary/aromatic N) is 2. The molecule has 1 aliphatic rings. The number of carbonyl (C=O) groups excluding carboxylic acids is 2. The Morgan fingerprint density at radius 1 is 1.41 bits per heavy atom. The van der Waals surface area contributed by atoms with E-state index in [2.05, 4.69) is 4.98 Å². The van der Waals surface area contributed by atoms with Crippen LogP contribution in [-0.2, 0) is 16.1 Å². The minimum Gasteiger partial charge on any atom is -0.357 e. The van der Waals surface area contributed by atoms with Crippen LogP contribution in [0.4, 0.5) is 4.39 Å². The standard InChI is InChI=1S/C16H18FN3O2/c1-19(16(22)10-20-6-2-3-15(20)21)9-13-8-11-7-12(17)4-5-14(11)18-13/h4-5,7-8,18H,2-3,6,9-10H2,1H3. The number of likely N-dealkylation sites (tertiary alicyclic amines) is 1. The van der Waals surface area contributed by atoms with E-state index in [4.69, 9.17) is 0 Å². The molecule has 1 N–H and O–H groups in total. The molecule has 0 saturated carbocycles. The lowest BCUT2D eigenvalue weighted by Gasteiger charge is -2.21. The Bertz CT molecular complexity index is 725. The van der Waals surface area contributed by atoms with Crippen LogP contribution in [0.3, 0.4) is 0 Å². The quantitative estimate of drug-likeness (QED) is 0.937. The van der Waals surface area contributed by atoms with Crippen LogP contribution in [0.25, 0.3) is 10.9 Å². The van der Waals surface area contributed by atoms with Gasteiger partial charge in [0.05, 0.1) is 13.1 Å². The summed E-state index contributed by atoms with van der Waals surface area (Å²) in [4.78, 5) is 30.1. The highest BCUT2D eigenvalue weighted by Gasteiger charge is 2.23. The summed E-state index contributed by atoms with van der Waals surface area (Å²) in [6.07, 6.45) is 1.36. The monoisotopic (exact) mass is 303 g/mol. The van der Waals surface area contributed by atoms with Crippen molar-refractivity contribution in [3.8, 4) is 0 Å². The van der Waals surface area contributed by atoms with Gasteiger partial charge in [0.15, 0.2) is 0 Å². The predicted molar refractivity (Wildman–Crippen MR) is 80.5 cm³/mol. The van der Waals surface area contributed by atoms with Crippen LogP contribution in [0, 0.1) is 5.82 Å². The highest BCUT2D eigenvalue weighted by atomic mass is 19.1. The number of aromatic nitrogens is 1. The van der Waals surface area contributed by atoms with E-state index in [9.17, 15) is 14.0 Å². The molecule has 0 spiro atoms. The van der Waals surface area contributed by atoms with Gasteiger partial charge in [-0.1, -0.05) is 0 Å². The Morgan fingerprint density at radius 3 is 2.95 bits per heavy atom. The van der Waals surface area contributed by atoms with Crippen LogP contribution in [-0.4, -0.2) is 46.7 Å². The number of hydrogen-bond acceptors (Lipinski definition) is 2. The maximum absolute atomic E-state index is 13.2. The maximum Gasteiger partial charge on any atom is 0.242 e. The molecule has 2 heterocycles. The molecule has 1 saturated heterocycles. The molecule has 1 aliphatic heterocycles. The largest absolute Gasteiger partial charge is 0.357 e. The minimum absolute atomic E-state index is 0.0443. The van der Waals surface area contributed by atoms with Gasteiger partial charge in [-0.2, -0.15) is 0 Å². The van der Waals surface area contributed by atoms with Crippen molar-refractivity contribution in [3.63, 3.8) is 0 Å². The van der Waals surface area contributed by atoms with Crippen molar-refractivity contribution in [1.29, 1.82) is 0 Å². The van der Waals surface area contributed by atoms with Crippen molar-refractivity contribution in [2.45, 2.75) is 19.4 Å². The van der Waals surface area contributed by atoms with Crippen LogP contribution < -0.4 is 0 Å². The smallest absolute Gasteiger partial charge is 0.242 e. The fourth-order valence-electron chi connectivity index (χ4n) is 2.75. The first-order valence-corrected chi connectivity index (χ1v) is 7.32. The molecule has 6 heteroatoms. The topological polar surface area (TPSA) is 56.4 Å². The molecule has 5 nitrogen and oxygen atoms in total. The Morgan fingerprint density at radius 2 is 2.23 bits per heavy atom.